The van der Waals surface area contributed by atoms with Crippen molar-refractivity contribution in [1.29, 1.82) is 5.26 Å². The van der Waals surface area contributed by atoms with Gasteiger partial charge in [-0.25, -0.2) is 0 Å². The van der Waals surface area contributed by atoms with E-state index in [1.807, 2.05) is 48.5 Å². The van der Waals surface area contributed by atoms with E-state index in [9.17, 15) is 14.9 Å². The molecule has 0 saturated carbocycles. The molecule has 0 aliphatic carbocycles. The van der Waals surface area contributed by atoms with Gasteiger partial charge in [0.2, 0.25) is 5.91 Å². The van der Waals surface area contributed by atoms with E-state index in [0.717, 1.165) is 19.4 Å². The first kappa shape index (κ1) is 18.1. The predicted molar refractivity (Wildman–Crippen MR) is 108 cm³/mol. The van der Waals surface area contributed by atoms with Gasteiger partial charge in [-0.05, 0) is 51.7 Å². The number of allylic oxidation sites excluding steroid dienone is 1. The summed E-state index contributed by atoms with van der Waals surface area (Å²) >= 11 is 4.80. The molecule has 0 spiro atoms. The third-order valence-corrected chi connectivity index (χ3v) is 5.32. The number of hydrogen-bond donors (Lipinski definition) is 1. The van der Waals surface area contributed by atoms with Crippen molar-refractivity contribution < 1.29 is 9.59 Å². The summed E-state index contributed by atoms with van der Waals surface area (Å²) in [5, 5.41) is 13.8. The molecule has 1 amide bonds. The van der Waals surface area contributed by atoms with Gasteiger partial charge in [0.1, 0.15) is 0 Å². The zero-order chi connectivity index (χ0) is 18.5. The van der Waals surface area contributed by atoms with Crippen LogP contribution in [0.25, 0.3) is 16.8 Å². The highest BCUT2D eigenvalue weighted by molar-refractivity contribution is 9.11. The normalized spacial score (nSPS) is 12.0. The van der Waals surface area contributed by atoms with Crippen molar-refractivity contribution in [2.75, 3.05) is 5.32 Å². The minimum absolute atomic E-state index is 0.547. The van der Waals surface area contributed by atoms with Crippen LogP contribution in [0.5, 0.6) is 0 Å². The predicted octanol–water partition coefficient (Wildman–Crippen LogP) is 5.02. The molecule has 6 heteroatoms. The first-order chi connectivity index (χ1) is 12.6. The molecule has 0 fully saturated rings. The number of fused-ring (bicyclic) bond motifs is 1. The molecule has 3 aromatic rings. The van der Waals surface area contributed by atoms with Crippen LogP contribution in [0.3, 0.4) is 0 Å². The second kappa shape index (κ2) is 8.09. The van der Waals surface area contributed by atoms with Crippen molar-refractivity contribution in [3.05, 3.63) is 69.3 Å². The number of benzene rings is 2. The topological polar surface area (TPSA) is 70.0 Å². The first-order valence-electron chi connectivity index (χ1n) is 7.74. The van der Waals surface area contributed by atoms with Crippen LogP contribution >= 0.6 is 27.3 Å². The fourth-order valence-corrected chi connectivity index (χ4v) is 3.80. The number of carbonyl (C=O) groups excluding carboxylic acids is 2. The van der Waals surface area contributed by atoms with Crippen LogP contribution in [-0.4, -0.2) is 11.7 Å². The van der Waals surface area contributed by atoms with Gasteiger partial charge in [-0.2, -0.15) is 5.26 Å². The molecule has 1 heterocycles. The Hall–Kier alpha value is -2.75. The highest BCUT2D eigenvalue weighted by atomic mass is 79.9. The summed E-state index contributed by atoms with van der Waals surface area (Å²) in [6.07, 6.45) is 2.88. The lowest BCUT2D eigenvalue weighted by atomic mass is 10.0. The number of nitriles is 1. The molecule has 128 valence electrons. The van der Waals surface area contributed by atoms with E-state index in [-0.39, 0.29) is 0 Å². The fourth-order valence-electron chi connectivity index (χ4n) is 2.47. The number of amides is 1. The van der Waals surface area contributed by atoms with Crippen LogP contribution in [0, 0.1) is 17.2 Å². The second-order valence-corrected chi connectivity index (χ2v) is 7.95. The van der Waals surface area contributed by atoms with E-state index in [1.165, 1.54) is 17.4 Å². The summed E-state index contributed by atoms with van der Waals surface area (Å²) in [5.74, 6) is -2.57. The Labute approximate surface area is 162 Å². The Kier molecular flexibility index (Phi) is 5.61. The average molecular weight is 425 g/mol. The minimum atomic E-state index is -1.39. The maximum absolute atomic E-state index is 12.5. The number of nitrogens with zero attached hydrogens (tertiary/aromatic N) is 1. The largest absolute Gasteiger partial charge is 0.324 e. The molecule has 1 atom stereocenters. The van der Waals surface area contributed by atoms with Crippen molar-refractivity contribution in [2.45, 2.75) is 0 Å². The minimum Gasteiger partial charge on any atom is -0.324 e. The number of ketones is 1. The lowest BCUT2D eigenvalue weighted by molar-refractivity contribution is -0.126. The van der Waals surface area contributed by atoms with Crippen LogP contribution in [0.1, 0.15) is 4.88 Å². The smallest absolute Gasteiger partial charge is 0.249 e. The maximum Gasteiger partial charge on any atom is 0.249 e. The van der Waals surface area contributed by atoms with Gasteiger partial charge in [0.25, 0.3) is 0 Å². The highest BCUT2D eigenvalue weighted by Gasteiger charge is 2.25. The van der Waals surface area contributed by atoms with Gasteiger partial charge >= 0.3 is 0 Å². The molecular formula is C20H13BrN2O2S. The van der Waals surface area contributed by atoms with Crippen molar-refractivity contribution in [3.63, 3.8) is 0 Å². The van der Waals surface area contributed by atoms with Crippen molar-refractivity contribution >= 4 is 61.5 Å². The first-order valence-corrected chi connectivity index (χ1v) is 9.35. The Morgan fingerprint density at radius 2 is 1.88 bits per heavy atom. The van der Waals surface area contributed by atoms with Crippen LogP contribution < -0.4 is 5.32 Å². The molecule has 0 saturated heterocycles. The number of hydrogen-bond acceptors (Lipinski definition) is 4. The van der Waals surface area contributed by atoms with E-state index in [4.69, 9.17) is 0 Å². The van der Waals surface area contributed by atoms with E-state index < -0.39 is 17.6 Å². The van der Waals surface area contributed by atoms with Crippen LogP contribution in [-0.2, 0) is 9.59 Å². The summed E-state index contributed by atoms with van der Waals surface area (Å²) in [6.45, 7) is 0. The van der Waals surface area contributed by atoms with Crippen molar-refractivity contribution in [1.82, 2.24) is 0 Å². The molecule has 1 unspecified atom stereocenters. The zero-order valence-corrected chi connectivity index (χ0v) is 15.9. The molecule has 2 aromatic carbocycles. The monoisotopic (exact) mass is 424 g/mol. The number of anilines is 1. The SMILES string of the molecule is N#CC(C(=O)/C=C/c1ccc(Br)s1)C(=O)Nc1cccc2ccccc12. The van der Waals surface area contributed by atoms with Crippen molar-refractivity contribution in [2.24, 2.45) is 5.92 Å². The van der Waals surface area contributed by atoms with Gasteiger partial charge in [0.15, 0.2) is 11.7 Å². The Morgan fingerprint density at radius 3 is 2.62 bits per heavy atom. The molecule has 0 aliphatic rings. The molecule has 0 radical (unpaired) electrons. The standard InChI is InChI=1S/C20H13BrN2O2S/c21-19-11-9-14(26-19)8-10-18(24)16(12-22)20(25)23-17-7-3-5-13-4-1-2-6-15(13)17/h1-11,16H,(H,23,25)/b10-8+. The summed E-state index contributed by atoms with van der Waals surface area (Å²) in [7, 11) is 0. The molecule has 0 aliphatic heterocycles. The summed E-state index contributed by atoms with van der Waals surface area (Å²) in [5.41, 5.74) is 0.576. The number of halogens is 1. The summed E-state index contributed by atoms with van der Waals surface area (Å²) in [6, 6.07) is 18.6. The third kappa shape index (κ3) is 4.07. The zero-order valence-electron chi connectivity index (χ0n) is 13.5. The Bertz CT molecular complexity index is 1040. The Balaban J connectivity index is 1.77. The number of carbonyl (C=O) groups is 2. The molecule has 1 N–H and O–H groups in total. The maximum atomic E-state index is 12.5. The summed E-state index contributed by atoms with van der Waals surface area (Å²) < 4.78 is 0.940. The van der Waals surface area contributed by atoms with E-state index in [1.54, 1.807) is 18.2 Å². The number of rotatable bonds is 5. The highest BCUT2D eigenvalue weighted by Crippen LogP contribution is 2.24. The quantitative estimate of drug-likeness (QED) is 0.461. The van der Waals surface area contributed by atoms with E-state index in [0.29, 0.717) is 5.69 Å². The Morgan fingerprint density at radius 1 is 1.12 bits per heavy atom. The van der Waals surface area contributed by atoms with Gasteiger partial charge < -0.3 is 5.32 Å². The van der Waals surface area contributed by atoms with Gasteiger partial charge in [0.05, 0.1) is 9.86 Å². The van der Waals surface area contributed by atoms with Crippen LogP contribution in [0.2, 0.25) is 0 Å². The average Bonchev–Trinajstić information content (AvgIpc) is 3.06. The lowest BCUT2D eigenvalue weighted by Gasteiger charge is -2.10. The van der Waals surface area contributed by atoms with Crippen LogP contribution in [0.4, 0.5) is 5.69 Å². The fraction of sp³-hybridized carbons (Fsp3) is 0.0500. The molecule has 1 aromatic heterocycles. The molecule has 4 nitrogen and oxygen atoms in total. The van der Waals surface area contributed by atoms with Gasteiger partial charge in [-0.1, -0.05) is 36.4 Å². The third-order valence-electron chi connectivity index (χ3n) is 3.73. The van der Waals surface area contributed by atoms with E-state index >= 15 is 0 Å². The molecule has 0 bridgehead atoms. The molecule has 26 heavy (non-hydrogen) atoms. The van der Waals surface area contributed by atoms with Gasteiger partial charge in [0, 0.05) is 16.0 Å². The number of nitrogens with one attached hydrogen (secondary N) is 1. The van der Waals surface area contributed by atoms with E-state index in [2.05, 4.69) is 21.2 Å². The van der Waals surface area contributed by atoms with Crippen LogP contribution in [0.15, 0.2) is 64.5 Å². The lowest BCUT2D eigenvalue weighted by Crippen LogP contribution is -2.27. The second-order valence-electron chi connectivity index (χ2n) is 5.46. The van der Waals surface area contributed by atoms with Gasteiger partial charge in [-0.15, -0.1) is 11.3 Å². The molecular weight excluding hydrogens is 412 g/mol. The summed E-state index contributed by atoms with van der Waals surface area (Å²) in [4.78, 5) is 25.6. The molecule has 3 rings (SSSR count). The van der Waals surface area contributed by atoms with Gasteiger partial charge in [-0.3, -0.25) is 9.59 Å². The van der Waals surface area contributed by atoms with Crippen molar-refractivity contribution in [3.8, 4) is 6.07 Å². The number of thiophene rings is 1.